The summed E-state index contributed by atoms with van der Waals surface area (Å²) >= 11 is 12.2. The van der Waals surface area contributed by atoms with E-state index in [0.717, 1.165) is 30.2 Å². The largest absolute Gasteiger partial charge is 0.493 e. The lowest BCUT2D eigenvalue weighted by Gasteiger charge is -2.46. The fourth-order valence-corrected chi connectivity index (χ4v) is 6.18. The molecule has 2 bridgehead atoms. The van der Waals surface area contributed by atoms with Gasteiger partial charge in [-0.1, -0.05) is 61.7 Å². The predicted octanol–water partition coefficient (Wildman–Crippen LogP) is 6.44. The summed E-state index contributed by atoms with van der Waals surface area (Å²) in [5.41, 5.74) is 0. The minimum Gasteiger partial charge on any atom is -0.493 e. The summed E-state index contributed by atoms with van der Waals surface area (Å²) in [5.74, 6) is 3.21. The van der Waals surface area contributed by atoms with E-state index in [4.69, 9.17) is 27.9 Å². The van der Waals surface area contributed by atoms with Crippen LogP contribution < -0.4 is 4.74 Å². The molecule has 0 radical (unpaired) electrons. The van der Waals surface area contributed by atoms with Crippen molar-refractivity contribution in [3.8, 4) is 5.75 Å². The quantitative estimate of drug-likeness (QED) is 0.543. The highest BCUT2D eigenvalue weighted by molar-refractivity contribution is 6.42. The standard InChI is InChI=1S/C22H31Cl2NO/c1-25-16-8-11-22(25)19(14-26-17-9-10-20(23)21(24)13-17)18(12-16)15-6-4-2-3-5-7-15/h9-10,13,15-16,18-19,22H,2-8,11-12,14H2,1H3/t16?,18-,19+,22?/m0/s1. The number of halogens is 2. The SMILES string of the molecule is CN1C2CCC1[C@H](COc1ccc(Cl)c(Cl)c1)[C@H](C1CCCCCC1)C2. The fourth-order valence-electron chi connectivity index (χ4n) is 5.89. The van der Waals surface area contributed by atoms with E-state index in [9.17, 15) is 0 Å². The van der Waals surface area contributed by atoms with Crippen molar-refractivity contribution < 1.29 is 4.74 Å². The molecule has 1 aliphatic carbocycles. The van der Waals surface area contributed by atoms with Gasteiger partial charge in [-0.05, 0) is 50.3 Å². The van der Waals surface area contributed by atoms with Crippen LogP contribution in [0.1, 0.15) is 57.8 Å². The second kappa shape index (κ2) is 8.29. The highest BCUT2D eigenvalue weighted by Crippen LogP contribution is 2.47. The molecule has 144 valence electrons. The zero-order valence-corrected chi connectivity index (χ0v) is 17.3. The normalized spacial score (nSPS) is 33.2. The first-order valence-electron chi connectivity index (χ1n) is 10.4. The molecule has 0 spiro atoms. The lowest BCUT2D eigenvalue weighted by molar-refractivity contribution is 0.00771. The first-order valence-corrected chi connectivity index (χ1v) is 11.2. The zero-order chi connectivity index (χ0) is 18.1. The van der Waals surface area contributed by atoms with Gasteiger partial charge in [0, 0.05) is 24.1 Å². The second-order valence-electron chi connectivity index (χ2n) is 8.67. The fraction of sp³-hybridized carbons (Fsp3) is 0.727. The molecule has 2 heterocycles. The first kappa shape index (κ1) is 18.9. The third kappa shape index (κ3) is 3.88. The third-order valence-electron chi connectivity index (χ3n) is 7.32. The van der Waals surface area contributed by atoms with Crippen LogP contribution in [0.4, 0.5) is 0 Å². The van der Waals surface area contributed by atoms with Crippen LogP contribution in [0.3, 0.4) is 0 Å². The summed E-state index contributed by atoms with van der Waals surface area (Å²) in [7, 11) is 2.33. The molecule has 2 unspecified atom stereocenters. The summed E-state index contributed by atoms with van der Waals surface area (Å²) in [5, 5.41) is 1.16. The Kier molecular flexibility index (Phi) is 6.02. The maximum atomic E-state index is 6.26. The van der Waals surface area contributed by atoms with Crippen molar-refractivity contribution in [3.05, 3.63) is 28.2 Å². The molecule has 2 aliphatic heterocycles. The van der Waals surface area contributed by atoms with Crippen molar-refractivity contribution in [2.45, 2.75) is 69.9 Å². The number of benzene rings is 1. The monoisotopic (exact) mass is 395 g/mol. The minimum atomic E-state index is 0.575. The van der Waals surface area contributed by atoms with Gasteiger partial charge in [0.15, 0.2) is 0 Å². The smallest absolute Gasteiger partial charge is 0.120 e. The number of rotatable bonds is 4. The van der Waals surface area contributed by atoms with Crippen molar-refractivity contribution >= 4 is 23.2 Å². The Hall–Kier alpha value is -0.440. The van der Waals surface area contributed by atoms with Crippen molar-refractivity contribution in [1.29, 1.82) is 0 Å². The first-order chi connectivity index (χ1) is 12.6. The Morgan fingerprint density at radius 1 is 1.00 bits per heavy atom. The molecule has 1 aromatic rings. The van der Waals surface area contributed by atoms with Gasteiger partial charge in [0.05, 0.1) is 16.7 Å². The van der Waals surface area contributed by atoms with E-state index in [0.29, 0.717) is 22.0 Å². The van der Waals surface area contributed by atoms with Crippen LogP contribution in [0, 0.1) is 17.8 Å². The highest BCUT2D eigenvalue weighted by atomic mass is 35.5. The molecule has 2 nitrogen and oxygen atoms in total. The maximum Gasteiger partial charge on any atom is 0.120 e. The summed E-state index contributed by atoms with van der Waals surface area (Å²) in [6, 6.07) is 7.12. The minimum absolute atomic E-state index is 0.575. The lowest BCUT2D eigenvalue weighted by atomic mass is 9.71. The van der Waals surface area contributed by atoms with Crippen LogP contribution in [0.2, 0.25) is 10.0 Å². The van der Waals surface area contributed by atoms with Gasteiger partial charge in [0.25, 0.3) is 0 Å². The van der Waals surface area contributed by atoms with Crippen molar-refractivity contribution in [2.24, 2.45) is 17.8 Å². The summed E-state index contributed by atoms with van der Waals surface area (Å²) < 4.78 is 6.26. The molecule has 1 aromatic carbocycles. The predicted molar refractivity (Wildman–Crippen MR) is 109 cm³/mol. The van der Waals surface area contributed by atoms with E-state index in [1.54, 1.807) is 0 Å². The number of fused-ring (bicyclic) bond motifs is 2. The average molecular weight is 396 g/mol. The molecule has 1 saturated carbocycles. The van der Waals surface area contributed by atoms with Gasteiger partial charge in [0.2, 0.25) is 0 Å². The third-order valence-corrected chi connectivity index (χ3v) is 8.06. The van der Waals surface area contributed by atoms with Crippen LogP contribution in [-0.4, -0.2) is 30.6 Å². The molecule has 2 saturated heterocycles. The molecule has 0 amide bonds. The Morgan fingerprint density at radius 2 is 1.77 bits per heavy atom. The molecule has 3 fully saturated rings. The van der Waals surface area contributed by atoms with Crippen LogP contribution in [0.5, 0.6) is 5.75 Å². The summed E-state index contributed by atoms with van der Waals surface area (Å²) in [6.45, 7) is 0.806. The van der Waals surface area contributed by atoms with Gasteiger partial charge in [0.1, 0.15) is 5.75 Å². The number of piperidine rings is 1. The summed E-state index contributed by atoms with van der Waals surface area (Å²) in [4.78, 5) is 2.65. The molecule has 26 heavy (non-hydrogen) atoms. The van der Waals surface area contributed by atoms with Gasteiger partial charge < -0.3 is 9.64 Å². The van der Waals surface area contributed by atoms with E-state index < -0.39 is 0 Å². The molecule has 4 heteroatoms. The lowest BCUT2D eigenvalue weighted by Crippen LogP contribution is -2.50. The highest BCUT2D eigenvalue weighted by Gasteiger charge is 2.47. The van der Waals surface area contributed by atoms with Crippen molar-refractivity contribution in [3.63, 3.8) is 0 Å². The van der Waals surface area contributed by atoms with Gasteiger partial charge in [-0.2, -0.15) is 0 Å². The molecule has 3 aliphatic rings. The summed E-state index contributed by atoms with van der Waals surface area (Å²) in [6.07, 6.45) is 12.6. The Labute approximate surface area is 168 Å². The Balaban J connectivity index is 1.49. The van der Waals surface area contributed by atoms with Gasteiger partial charge >= 0.3 is 0 Å². The molecule has 4 rings (SSSR count). The number of hydrogen-bond acceptors (Lipinski definition) is 2. The van der Waals surface area contributed by atoms with Crippen LogP contribution in [0.25, 0.3) is 0 Å². The van der Waals surface area contributed by atoms with E-state index in [2.05, 4.69) is 11.9 Å². The van der Waals surface area contributed by atoms with E-state index in [1.165, 1.54) is 57.8 Å². The molecule has 4 atom stereocenters. The molecule has 0 aromatic heterocycles. The van der Waals surface area contributed by atoms with Gasteiger partial charge in [-0.25, -0.2) is 0 Å². The molecular formula is C22H31Cl2NO. The number of hydrogen-bond donors (Lipinski definition) is 0. The van der Waals surface area contributed by atoms with Gasteiger partial charge in [-0.3, -0.25) is 0 Å². The van der Waals surface area contributed by atoms with Gasteiger partial charge in [-0.15, -0.1) is 0 Å². The average Bonchev–Trinajstić information content (AvgIpc) is 2.86. The molecular weight excluding hydrogens is 365 g/mol. The van der Waals surface area contributed by atoms with E-state index >= 15 is 0 Å². The van der Waals surface area contributed by atoms with Crippen LogP contribution in [-0.2, 0) is 0 Å². The Bertz CT molecular complexity index is 614. The Morgan fingerprint density at radius 3 is 2.50 bits per heavy atom. The topological polar surface area (TPSA) is 12.5 Å². The van der Waals surface area contributed by atoms with Crippen molar-refractivity contribution in [1.82, 2.24) is 4.90 Å². The van der Waals surface area contributed by atoms with E-state index in [-0.39, 0.29) is 0 Å². The zero-order valence-electron chi connectivity index (χ0n) is 15.8. The molecule has 0 N–H and O–H groups in total. The van der Waals surface area contributed by atoms with Crippen LogP contribution in [0.15, 0.2) is 18.2 Å². The van der Waals surface area contributed by atoms with E-state index in [1.807, 2.05) is 18.2 Å². The second-order valence-corrected chi connectivity index (χ2v) is 9.48. The van der Waals surface area contributed by atoms with Crippen LogP contribution >= 0.6 is 23.2 Å². The van der Waals surface area contributed by atoms with Crippen molar-refractivity contribution in [2.75, 3.05) is 13.7 Å². The maximum absolute atomic E-state index is 6.26. The number of ether oxygens (including phenoxy) is 1. The number of nitrogens with zero attached hydrogens (tertiary/aromatic N) is 1.